The minimum Gasteiger partial charge on any atom is -0.352 e. The first-order valence-electron chi connectivity index (χ1n) is 7.34. The Hall–Kier alpha value is -1.49. The van der Waals surface area contributed by atoms with Crippen LogP contribution in [0.2, 0.25) is 0 Å². The average Bonchev–Trinajstić information content (AvgIpc) is 2.42. The molecule has 0 aromatic heterocycles. The number of halogens is 2. The van der Waals surface area contributed by atoms with Gasteiger partial charge in [0.1, 0.15) is 11.6 Å². The predicted molar refractivity (Wildman–Crippen MR) is 79.4 cm³/mol. The summed E-state index contributed by atoms with van der Waals surface area (Å²) in [4.78, 5) is 11.8. The summed E-state index contributed by atoms with van der Waals surface area (Å²) in [6.45, 7) is 4.93. The number of carbonyl (C=O) groups is 1. The first-order chi connectivity index (χ1) is 9.93. The fourth-order valence-corrected chi connectivity index (χ4v) is 2.29. The van der Waals surface area contributed by atoms with Crippen LogP contribution in [0.5, 0.6) is 0 Å². The maximum absolute atomic E-state index is 13.4. The van der Waals surface area contributed by atoms with Crippen molar-refractivity contribution in [1.29, 1.82) is 0 Å². The normalized spacial score (nSPS) is 12.5. The van der Waals surface area contributed by atoms with Crippen LogP contribution in [-0.2, 0) is 11.3 Å². The molecule has 118 valence electrons. The van der Waals surface area contributed by atoms with Crippen LogP contribution in [0.25, 0.3) is 0 Å². The monoisotopic (exact) mass is 298 g/mol. The molecule has 0 saturated carbocycles. The molecule has 0 aliphatic heterocycles. The highest BCUT2D eigenvalue weighted by molar-refractivity contribution is 5.75. The van der Waals surface area contributed by atoms with Crippen LogP contribution in [0, 0.1) is 23.5 Å². The summed E-state index contributed by atoms with van der Waals surface area (Å²) in [5.41, 5.74) is 5.85. The second-order valence-electron chi connectivity index (χ2n) is 5.63. The summed E-state index contributed by atoms with van der Waals surface area (Å²) in [5.74, 6) is -0.483. The topological polar surface area (TPSA) is 55.1 Å². The minimum atomic E-state index is -0.640. The Kier molecular flexibility index (Phi) is 7.29. The lowest BCUT2D eigenvalue weighted by Gasteiger charge is -2.19. The van der Waals surface area contributed by atoms with Crippen LogP contribution >= 0.6 is 0 Å². The van der Waals surface area contributed by atoms with Gasteiger partial charge in [0.2, 0.25) is 5.91 Å². The van der Waals surface area contributed by atoms with Crippen LogP contribution in [0.1, 0.15) is 38.7 Å². The van der Waals surface area contributed by atoms with Gasteiger partial charge < -0.3 is 11.1 Å². The molecule has 0 aliphatic carbocycles. The molecule has 3 nitrogen and oxygen atoms in total. The number of nitrogens with one attached hydrogen (secondary N) is 1. The molecule has 1 rings (SSSR count). The highest BCUT2D eigenvalue weighted by Gasteiger charge is 2.14. The Labute approximate surface area is 124 Å². The molecule has 5 heteroatoms. The molecule has 0 bridgehead atoms. The Morgan fingerprint density at radius 2 is 2.00 bits per heavy atom. The minimum absolute atomic E-state index is 0.0776. The van der Waals surface area contributed by atoms with Crippen molar-refractivity contribution in [2.75, 3.05) is 6.54 Å². The summed E-state index contributed by atoms with van der Waals surface area (Å²) in [6, 6.07) is 3.34. The van der Waals surface area contributed by atoms with Crippen molar-refractivity contribution in [3.63, 3.8) is 0 Å². The Bertz CT molecular complexity index is 464. The summed E-state index contributed by atoms with van der Waals surface area (Å²) in [6.07, 6.45) is 2.07. The van der Waals surface area contributed by atoms with Gasteiger partial charge in [-0.25, -0.2) is 8.78 Å². The van der Waals surface area contributed by atoms with E-state index in [1.807, 2.05) is 0 Å². The molecule has 1 amide bonds. The smallest absolute Gasteiger partial charge is 0.220 e. The van der Waals surface area contributed by atoms with Gasteiger partial charge in [-0.3, -0.25) is 4.79 Å². The van der Waals surface area contributed by atoms with Gasteiger partial charge >= 0.3 is 0 Å². The number of hydrogen-bond acceptors (Lipinski definition) is 2. The number of amides is 1. The van der Waals surface area contributed by atoms with Crippen molar-refractivity contribution in [3.8, 4) is 0 Å². The maximum Gasteiger partial charge on any atom is 0.220 e. The lowest BCUT2D eigenvalue weighted by Crippen LogP contribution is -2.25. The molecular formula is C16H24F2N2O. The van der Waals surface area contributed by atoms with Gasteiger partial charge in [-0.15, -0.1) is 0 Å². The largest absolute Gasteiger partial charge is 0.352 e. The van der Waals surface area contributed by atoms with E-state index in [1.54, 1.807) is 0 Å². The van der Waals surface area contributed by atoms with E-state index in [0.717, 1.165) is 18.9 Å². The Morgan fingerprint density at radius 3 is 2.57 bits per heavy atom. The summed E-state index contributed by atoms with van der Waals surface area (Å²) >= 11 is 0. The van der Waals surface area contributed by atoms with E-state index in [1.165, 1.54) is 12.1 Å². The van der Waals surface area contributed by atoms with Gasteiger partial charge in [0.15, 0.2) is 0 Å². The Morgan fingerprint density at radius 1 is 1.29 bits per heavy atom. The van der Waals surface area contributed by atoms with E-state index in [4.69, 9.17) is 5.73 Å². The lowest BCUT2D eigenvalue weighted by atomic mass is 9.88. The molecular weight excluding hydrogens is 274 g/mol. The van der Waals surface area contributed by atoms with Crippen LogP contribution in [0.15, 0.2) is 18.2 Å². The Balaban J connectivity index is 2.40. The van der Waals surface area contributed by atoms with Crippen molar-refractivity contribution in [1.82, 2.24) is 5.32 Å². The molecule has 21 heavy (non-hydrogen) atoms. The number of rotatable bonds is 8. The highest BCUT2D eigenvalue weighted by Crippen LogP contribution is 2.20. The molecule has 0 radical (unpaired) electrons. The maximum atomic E-state index is 13.4. The predicted octanol–water partition coefficient (Wildman–Crippen LogP) is 2.98. The number of nitrogens with two attached hydrogens (primary N) is 1. The summed E-state index contributed by atoms with van der Waals surface area (Å²) < 4.78 is 26.2. The zero-order valence-electron chi connectivity index (χ0n) is 12.7. The molecule has 3 N–H and O–H groups in total. The summed E-state index contributed by atoms with van der Waals surface area (Å²) in [7, 11) is 0. The molecule has 1 atom stereocenters. The van der Waals surface area contributed by atoms with Gasteiger partial charge in [-0.05, 0) is 37.3 Å². The van der Waals surface area contributed by atoms with E-state index in [9.17, 15) is 13.6 Å². The molecule has 0 aliphatic rings. The SMILES string of the molecule is CC(C)C(CCN)CCC(=O)NCc1ccc(F)cc1F. The number of benzene rings is 1. The lowest BCUT2D eigenvalue weighted by molar-refractivity contribution is -0.121. The third-order valence-electron chi connectivity index (χ3n) is 3.71. The van der Waals surface area contributed by atoms with Crippen LogP contribution < -0.4 is 11.1 Å². The molecule has 0 spiro atoms. The first-order valence-corrected chi connectivity index (χ1v) is 7.34. The van der Waals surface area contributed by atoms with Gasteiger partial charge in [-0.2, -0.15) is 0 Å². The second-order valence-corrected chi connectivity index (χ2v) is 5.63. The number of hydrogen-bond donors (Lipinski definition) is 2. The standard InChI is InChI=1S/C16H24F2N2O/c1-11(2)12(7-8-19)4-6-16(21)20-10-13-3-5-14(17)9-15(13)18/h3,5,9,11-12H,4,6-8,10,19H2,1-2H3,(H,20,21). The zero-order valence-corrected chi connectivity index (χ0v) is 12.7. The van der Waals surface area contributed by atoms with Crippen LogP contribution in [-0.4, -0.2) is 12.5 Å². The fourth-order valence-electron chi connectivity index (χ4n) is 2.29. The molecule has 1 aromatic carbocycles. The third kappa shape index (κ3) is 6.21. The molecule has 0 saturated heterocycles. The van der Waals surface area contributed by atoms with Crippen LogP contribution in [0.4, 0.5) is 8.78 Å². The van der Waals surface area contributed by atoms with Crippen molar-refractivity contribution in [3.05, 3.63) is 35.4 Å². The van der Waals surface area contributed by atoms with E-state index >= 15 is 0 Å². The second kappa shape index (κ2) is 8.72. The molecule has 0 heterocycles. The quantitative estimate of drug-likeness (QED) is 0.775. The third-order valence-corrected chi connectivity index (χ3v) is 3.71. The zero-order chi connectivity index (χ0) is 15.8. The van der Waals surface area contributed by atoms with Gasteiger partial charge in [-0.1, -0.05) is 19.9 Å². The summed E-state index contributed by atoms with van der Waals surface area (Å²) in [5, 5.41) is 2.66. The van der Waals surface area contributed by atoms with Crippen molar-refractivity contribution in [2.24, 2.45) is 17.6 Å². The van der Waals surface area contributed by atoms with Gasteiger partial charge in [0.25, 0.3) is 0 Å². The highest BCUT2D eigenvalue weighted by atomic mass is 19.1. The molecule has 1 unspecified atom stereocenters. The van der Waals surface area contributed by atoms with Gasteiger partial charge in [0, 0.05) is 24.6 Å². The van der Waals surface area contributed by atoms with E-state index in [2.05, 4.69) is 19.2 Å². The van der Waals surface area contributed by atoms with Crippen LogP contribution in [0.3, 0.4) is 0 Å². The molecule has 0 fully saturated rings. The van der Waals surface area contributed by atoms with E-state index in [0.29, 0.717) is 24.8 Å². The van der Waals surface area contributed by atoms with Gasteiger partial charge in [0.05, 0.1) is 0 Å². The fraction of sp³-hybridized carbons (Fsp3) is 0.562. The first kappa shape index (κ1) is 17.6. The van der Waals surface area contributed by atoms with E-state index < -0.39 is 11.6 Å². The van der Waals surface area contributed by atoms with Crippen molar-refractivity contribution >= 4 is 5.91 Å². The van der Waals surface area contributed by atoms with Crippen molar-refractivity contribution in [2.45, 2.75) is 39.7 Å². The van der Waals surface area contributed by atoms with E-state index in [-0.39, 0.29) is 18.0 Å². The molecule has 1 aromatic rings. The van der Waals surface area contributed by atoms with Crippen molar-refractivity contribution < 1.29 is 13.6 Å². The number of carbonyl (C=O) groups excluding carboxylic acids is 1. The average molecular weight is 298 g/mol.